The number of hydrogen-bond donors (Lipinski definition) is 0. The third kappa shape index (κ3) is 7.84. The summed E-state index contributed by atoms with van der Waals surface area (Å²) in [5, 5.41) is 1.28. The van der Waals surface area contributed by atoms with E-state index in [4.69, 9.17) is 0 Å². The van der Waals surface area contributed by atoms with E-state index in [-0.39, 0.29) is 0 Å². The molecule has 0 fully saturated rings. The molecule has 2 nitrogen and oxygen atoms in total. The number of hydrogen-bond acceptors (Lipinski definition) is 0. The number of allylic oxidation sites excluding steroid dienone is 4. The van der Waals surface area contributed by atoms with Gasteiger partial charge in [-0.2, -0.15) is 0 Å². The Labute approximate surface area is 334 Å². The minimum Gasteiger partial charge on any atom is -0.310 e. The third-order valence-electron chi connectivity index (χ3n) is 11.0. The first-order valence-corrected chi connectivity index (χ1v) is 20.4. The first-order chi connectivity index (χ1) is 27.5. The van der Waals surface area contributed by atoms with Crippen LogP contribution in [0.25, 0.3) is 51.6 Å². The molecule has 2 heteroatoms. The Morgan fingerprint density at radius 1 is 0.607 bits per heavy atom. The molecule has 7 aromatic rings. The fraction of sp³-hybridized carbons (Fsp3) is 0.185. The van der Waals surface area contributed by atoms with Gasteiger partial charge in [0.1, 0.15) is 0 Å². The van der Waals surface area contributed by atoms with Crippen LogP contribution < -0.4 is 0 Å². The van der Waals surface area contributed by atoms with Crippen LogP contribution in [0, 0.1) is 13.8 Å². The maximum atomic E-state index is 3.88. The van der Waals surface area contributed by atoms with E-state index in [1.807, 2.05) is 26.0 Å². The highest BCUT2D eigenvalue weighted by atomic mass is 15.0. The average molecular weight is 731 g/mol. The van der Waals surface area contributed by atoms with Gasteiger partial charge in [0.2, 0.25) is 0 Å². The Kier molecular flexibility index (Phi) is 12.0. The Balaban J connectivity index is 0.00000237. The summed E-state index contributed by atoms with van der Waals surface area (Å²) >= 11 is 0. The van der Waals surface area contributed by atoms with Crippen LogP contribution >= 0.6 is 0 Å². The van der Waals surface area contributed by atoms with Gasteiger partial charge in [-0.05, 0) is 145 Å². The van der Waals surface area contributed by atoms with Gasteiger partial charge in [-0.15, -0.1) is 0 Å². The highest BCUT2D eigenvalue weighted by Gasteiger charge is 2.20. The summed E-state index contributed by atoms with van der Waals surface area (Å²) in [6.07, 6.45) is 20.3. The third-order valence-corrected chi connectivity index (χ3v) is 11.0. The smallest absolute Gasteiger partial charge is 0.0537 e. The second-order valence-electron chi connectivity index (χ2n) is 14.5. The Morgan fingerprint density at radius 2 is 1.12 bits per heavy atom. The van der Waals surface area contributed by atoms with Crippen LogP contribution in [0.2, 0.25) is 0 Å². The molecule has 0 saturated carbocycles. The van der Waals surface area contributed by atoms with E-state index in [2.05, 4.69) is 188 Å². The van der Waals surface area contributed by atoms with Crippen molar-refractivity contribution in [2.45, 2.75) is 66.7 Å². The van der Waals surface area contributed by atoms with Crippen LogP contribution in [0.15, 0.2) is 152 Å². The summed E-state index contributed by atoms with van der Waals surface area (Å²) in [7, 11) is 0. The summed E-state index contributed by atoms with van der Waals surface area (Å²) in [5.74, 6) is 0. The summed E-state index contributed by atoms with van der Waals surface area (Å²) in [4.78, 5) is 0. The molecule has 0 saturated heterocycles. The van der Waals surface area contributed by atoms with Crippen LogP contribution in [0.4, 0.5) is 0 Å². The molecular formula is C54H54N2. The highest BCUT2D eigenvalue weighted by Crippen LogP contribution is 2.33. The summed E-state index contributed by atoms with van der Waals surface area (Å²) < 4.78 is 4.79. The minimum absolute atomic E-state index is 0.896. The van der Waals surface area contributed by atoms with Gasteiger partial charge in [-0.25, -0.2) is 0 Å². The number of aryl methyl sites for hydroxylation is 1. The van der Waals surface area contributed by atoms with Crippen molar-refractivity contribution in [1.82, 2.24) is 9.13 Å². The van der Waals surface area contributed by atoms with E-state index in [9.17, 15) is 0 Å². The molecule has 0 atom stereocenters. The second-order valence-corrected chi connectivity index (χ2v) is 14.5. The molecule has 0 radical (unpaired) electrons. The van der Waals surface area contributed by atoms with E-state index < -0.39 is 0 Å². The van der Waals surface area contributed by atoms with Gasteiger partial charge in [0.25, 0.3) is 0 Å². The maximum absolute atomic E-state index is 3.88. The highest BCUT2D eigenvalue weighted by molar-refractivity contribution is 5.90. The van der Waals surface area contributed by atoms with Crippen molar-refractivity contribution >= 4 is 29.1 Å². The predicted molar refractivity (Wildman–Crippen MR) is 243 cm³/mol. The molecule has 8 rings (SSSR count). The van der Waals surface area contributed by atoms with Crippen molar-refractivity contribution in [3.8, 4) is 22.5 Å². The van der Waals surface area contributed by atoms with Crippen molar-refractivity contribution in [2.24, 2.45) is 0 Å². The number of nitrogens with zero attached hydrogens (tertiary/aromatic N) is 2. The number of rotatable bonds is 11. The molecule has 0 unspecified atom stereocenters. The standard InChI is InChI=1S/C52H48N2.C2H6/c1-5-7-15-49-37(3)47-13-9-11-17-51(47)53(49)45-31-23-41(24-32-45)35-39-19-27-43(28-20-39)44-29-21-40(22-30-44)36-42-25-33-46(34-26-42)54-50(16-8-6-2)38(4)48-14-10-12-18-52(48)54;1-2/h5,7-9,11-13,15-34H,1,6,10,14,35-36H2,2-4H3;1-2H3/b15-7-,16-8-;. The van der Waals surface area contributed by atoms with Crippen molar-refractivity contribution in [3.63, 3.8) is 0 Å². The normalized spacial score (nSPS) is 12.3. The van der Waals surface area contributed by atoms with E-state index in [0.717, 1.165) is 32.1 Å². The number of aromatic nitrogens is 2. The summed E-state index contributed by atoms with van der Waals surface area (Å²) in [6.45, 7) is 14.6. The Hall–Kier alpha value is -6.12. The van der Waals surface area contributed by atoms with Crippen LogP contribution in [0.1, 0.15) is 89.6 Å². The monoisotopic (exact) mass is 730 g/mol. The fourth-order valence-electron chi connectivity index (χ4n) is 8.08. The largest absolute Gasteiger partial charge is 0.310 e. The van der Waals surface area contributed by atoms with Crippen LogP contribution in [0.3, 0.4) is 0 Å². The molecule has 5 aromatic carbocycles. The van der Waals surface area contributed by atoms with E-state index in [1.54, 1.807) is 0 Å². The van der Waals surface area contributed by atoms with Crippen molar-refractivity contribution in [3.05, 3.63) is 208 Å². The lowest BCUT2D eigenvalue weighted by atomic mass is 9.98. The zero-order valence-electron chi connectivity index (χ0n) is 33.7. The molecule has 0 aliphatic heterocycles. The number of fused-ring (bicyclic) bond motifs is 2. The maximum Gasteiger partial charge on any atom is 0.0537 e. The lowest BCUT2D eigenvalue weighted by Crippen LogP contribution is -2.02. The number of benzene rings is 5. The van der Waals surface area contributed by atoms with E-state index in [0.29, 0.717) is 0 Å². The molecular weight excluding hydrogens is 677 g/mol. The van der Waals surface area contributed by atoms with E-state index in [1.165, 1.54) is 89.4 Å². The number of para-hydroxylation sites is 1. The lowest BCUT2D eigenvalue weighted by molar-refractivity contribution is 0.952. The topological polar surface area (TPSA) is 9.86 Å². The molecule has 0 spiro atoms. The van der Waals surface area contributed by atoms with Crippen molar-refractivity contribution < 1.29 is 0 Å². The van der Waals surface area contributed by atoms with Crippen molar-refractivity contribution in [1.29, 1.82) is 0 Å². The molecule has 0 amide bonds. The quantitative estimate of drug-likeness (QED) is 0.117. The zero-order valence-corrected chi connectivity index (χ0v) is 33.7. The molecule has 0 N–H and O–H groups in total. The molecule has 2 heterocycles. The van der Waals surface area contributed by atoms with Crippen LogP contribution in [-0.2, 0) is 19.3 Å². The Bertz CT molecular complexity index is 2510. The Morgan fingerprint density at radius 3 is 1.68 bits per heavy atom. The van der Waals surface area contributed by atoms with Gasteiger partial charge < -0.3 is 9.13 Å². The first kappa shape index (κ1) is 38.2. The van der Waals surface area contributed by atoms with Crippen LogP contribution in [0.5, 0.6) is 0 Å². The second kappa shape index (κ2) is 17.6. The zero-order chi connectivity index (χ0) is 39.0. The minimum atomic E-state index is 0.896. The van der Waals surface area contributed by atoms with Gasteiger partial charge in [-0.3, -0.25) is 0 Å². The molecule has 1 aliphatic rings. The molecule has 280 valence electrons. The van der Waals surface area contributed by atoms with Crippen LogP contribution in [-0.4, -0.2) is 9.13 Å². The van der Waals surface area contributed by atoms with Gasteiger partial charge in [0, 0.05) is 33.8 Å². The first-order valence-electron chi connectivity index (χ1n) is 20.4. The molecule has 0 bridgehead atoms. The fourth-order valence-corrected chi connectivity index (χ4v) is 8.08. The van der Waals surface area contributed by atoms with Gasteiger partial charge in [-0.1, -0.05) is 143 Å². The average Bonchev–Trinajstić information content (AvgIpc) is 3.70. The molecule has 56 heavy (non-hydrogen) atoms. The SMILES string of the molecule is C=C/C=C\c1c(C)c2ccccc2n1-c1ccc(Cc2ccc(-c3ccc(Cc4ccc(-n5c6c(c(C)c5/C=C\CC)CCC=C6)cc4)cc3)cc2)cc1.CC. The molecule has 2 aromatic heterocycles. The van der Waals surface area contributed by atoms with Crippen molar-refractivity contribution in [2.75, 3.05) is 0 Å². The van der Waals surface area contributed by atoms with E-state index >= 15 is 0 Å². The lowest BCUT2D eigenvalue weighted by Gasteiger charge is -2.14. The predicted octanol–water partition coefficient (Wildman–Crippen LogP) is 14.5. The van der Waals surface area contributed by atoms with Gasteiger partial charge in [0.05, 0.1) is 5.52 Å². The summed E-state index contributed by atoms with van der Waals surface area (Å²) in [5.41, 5.74) is 19.4. The van der Waals surface area contributed by atoms with Gasteiger partial charge >= 0.3 is 0 Å². The molecule has 1 aliphatic carbocycles. The van der Waals surface area contributed by atoms with Gasteiger partial charge in [0.15, 0.2) is 0 Å². The summed E-state index contributed by atoms with van der Waals surface area (Å²) in [6, 6.07) is 44.9.